The number of halogens is 1. The summed E-state index contributed by atoms with van der Waals surface area (Å²) in [4.78, 5) is 12.3. The molecule has 0 aliphatic rings. The monoisotopic (exact) mass is 288 g/mol. The van der Waals surface area contributed by atoms with Gasteiger partial charge in [-0.25, -0.2) is 0 Å². The molecular weight excluding hydrogens is 272 g/mol. The fourth-order valence-corrected chi connectivity index (χ4v) is 2.23. The van der Waals surface area contributed by atoms with Crippen molar-refractivity contribution < 1.29 is 4.79 Å². The molecule has 3 N–H and O–H groups in total. The summed E-state index contributed by atoms with van der Waals surface area (Å²) in [5.41, 5.74) is 8.77. The number of nitrogens with one attached hydrogen (secondary N) is 1. The van der Waals surface area contributed by atoms with E-state index >= 15 is 0 Å². The molecule has 2 aromatic rings. The smallest absolute Gasteiger partial charge is 0.254 e. The maximum atomic E-state index is 12.3. The number of rotatable bonds is 3. The molecule has 0 saturated carbocycles. The van der Waals surface area contributed by atoms with Gasteiger partial charge < -0.3 is 11.1 Å². The van der Waals surface area contributed by atoms with Crippen molar-refractivity contribution in [2.45, 2.75) is 19.9 Å². The number of hydrogen-bond donors (Lipinski definition) is 2. The van der Waals surface area contributed by atoms with E-state index in [0.29, 0.717) is 16.3 Å². The summed E-state index contributed by atoms with van der Waals surface area (Å²) in [5, 5.41) is 3.63. The van der Waals surface area contributed by atoms with E-state index in [1.807, 2.05) is 50.2 Å². The van der Waals surface area contributed by atoms with E-state index in [2.05, 4.69) is 5.32 Å². The van der Waals surface area contributed by atoms with E-state index in [1.54, 1.807) is 6.07 Å². The standard InChI is InChI=1S/C16H17ClN2O/c1-10-4-3-5-14(18)15(10)16(20)19-11(2)12-6-8-13(17)9-7-12/h3-9,11H,18H2,1-2H3,(H,19,20). The number of carbonyl (C=O) groups is 1. The van der Waals surface area contributed by atoms with Gasteiger partial charge in [0.1, 0.15) is 0 Å². The molecular formula is C16H17ClN2O. The first-order valence-electron chi connectivity index (χ1n) is 6.40. The van der Waals surface area contributed by atoms with Gasteiger partial charge in [-0.15, -0.1) is 0 Å². The first-order valence-corrected chi connectivity index (χ1v) is 6.78. The molecule has 2 rings (SSSR count). The van der Waals surface area contributed by atoms with Gasteiger partial charge in [-0.3, -0.25) is 4.79 Å². The molecule has 0 bridgehead atoms. The number of benzene rings is 2. The summed E-state index contributed by atoms with van der Waals surface area (Å²) in [5.74, 6) is -0.164. The molecule has 0 saturated heterocycles. The summed E-state index contributed by atoms with van der Waals surface area (Å²) in [6.07, 6.45) is 0. The van der Waals surface area contributed by atoms with Crippen LogP contribution in [0.3, 0.4) is 0 Å². The van der Waals surface area contributed by atoms with Crippen LogP contribution in [0.2, 0.25) is 5.02 Å². The number of hydrogen-bond acceptors (Lipinski definition) is 2. The van der Waals surface area contributed by atoms with Gasteiger partial charge in [-0.1, -0.05) is 35.9 Å². The minimum atomic E-state index is -0.164. The van der Waals surface area contributed by atoms with Gasteiger partial charge >= 0.3 is 0 Å². The Morgan fingerprint density at radius 2 is 1.85 bits per heavy atom. The lowest BCUT2D eigenvalue weighted by Gasteiger charge is -2.16. The molecule has 0 spiro atoms. The van der Waals surface area contributed by atoms with Crippen molar-refractivity contribution in [3.05, 3.63) is 64.2 Å². The highest BCUT2D eigenvalue weighted by molar-refractivity contribution is 6.30. The molecule has 0 aliphatic heterocycles. The topological polar surface area (TPSA) is 55.1 Å². The molecule has 1 amide bonds. The molecule has 0 heterocycles. The highest BCUT2D eigenvalue weighted by Crippen LogP contribution is 2.20. The zero-order valence-electron chi connectivity index (χ0n) is 11.5. The number of aryl methyl sites for hydroxylation is 1. The second kappa shape index (κ2) is 5.97. The Bertz CT molecular complexity index is 603. The fraction of sp³-hybridized carbons (Fsp3) is 0.188. The Balaban J connectivity index is 2.17. The van der Waals surface area contributed by atoms with Crippen molar-refractivity contribution in [1.82, 2.24) is 5.32 Å². The van der Waals surface area contributed by atoms with Crippen LogP contribution in [0.15, 0.2) is 42.5 Å². The Labute approximate surface area is 123 Å². The minimum absolute atomic E-state index is 0.112. The molecule has 0 fully saturated rings. The molecule has 104 valence electrons. The van der Waals surface area contributed by atoms with Crippen LogP contribution in [0.4, 0.5) is 5.69 Å². The average Bonchev–Trinajstić information content (AvgIpc) is 2.39. The fourth-order valence-electron chi connectivity index (χ4n) is 2.10. The van der Waals surface area contributed by atoms with E-state index in [4.69, 9.17) is 17.3 Å². The number of anilines is 1. The van der Waals surface area contributed by atoms with Crippen LogP contribution in [-0.4, -0.2) is 5.91 Å². The third kappa shape index (κ3) is 3.11. The lowest BCUT2D eigenvalue weighted by Crippen LogP contribution is -2.28. The molecule has 4 heteroatoms. The lowest BCUT2D eigenvalue weighted by atomic mass is 10.0. The van der Waals surface area contributed by atoms with Crippen LogP contribution in [0.1, 0.15) is 34.5 Å². The quantitative estimate of drug-likeness (QED) is 0.846. The van der Waals surface area contributed by atoms with Gasteiger partial charge in [0.15, 0.2) is 0 Å². The molecule has 0 radical (unpaired) electrons. The van der Waals surface area contributed by atoms with E-state index in [9.17, 15) is 4.79 Å². The van der Waals surface area contributed by atoms with E-state index in [-0.39, 0.29) is 11.9 Å². The lowest BCUT2D eigenvalue weighted by molar-refractivity contribution is 0.0940. The summed E-state index contributed by atoms with van der Waals surface area (Å²) in [6.45, 7) is 3.80. The van der Waals surface area contributed by atoms with Crippen LogP contribution in [0.25, 0.3) is 0 Å². The van der Waals surface area contributed by atoms with Gasteiger partial charge in [0.05, 0.1) is 11.6 Å². The SMILES string of the molecule is Cc1cccc(N)c1C(=O)NC(C)c1ccc(Cl)cc1. The number of carbonyl (C=O) groups excluding carboxylic acids is 1. The van der Waals surface area contributed by atoms with Crippen molar-refractivity contribution in [2.75, 3.05) is 5.73 Å². The second-order valence-electron chi connectivity index (χ2n) is 4.79. The Morgan fingerprint density at radius 3 is 2.45 bits per heavy atom. The van der Waals surface area contributed by atoms with E-state index in [1.165, 1.54) is 0 Å². The average molecular weight is 289 g/mol. The normalized spacial score (nSPS) is 11.9. The van der Waals surface area contributed by atoms with Crippen LogP contribution in [-0.2, 0) is 0 Å². The zero-order valence-corrected chi connectivity index (χ0v) is 12.2. The Kier molecular flexibility index (Phi) is 4.30. The van der Waals surface area contributed by atoms with Gasteiger partial charge in [0.2, 0.25) is 0 Å². The van der Waals surface area contributed by atoms with Crippen molar-refractivity contribution >= 4 is 23.2 Å². The van der Waals surface area contributed by atoms with Crippen LogP contribution >= 0.6 is 11.6 Å². The van der Waals surface area contributed by atoms with E-state index in [0.717, 1.165) is 11.1 Å². The highest BCUT2D eigenvalue weighted by Gasteiger charge is 2.15. The van der Waals surface area contributed by atoms with Crippen LogP contribution in [0, 0.1) is 6.92 Å². The summed E-state index contributed by atoms with van der Waals surface area (Å²) >= 11 is 5.86. The molecule has 1 atom stereocenters. The van der Waals surface area contributed by atoms with Crippen LogP contribution < -0.4 is 11.1 Å². The first kappa shape index (κ1) is 14.4. The first-order chi connectivity index (χ1) is 9.49. The Morgan fingerprint density at radius 1 is 1.20 bits per heavy atom. The number of nitrogen functional groups attached to an aromatic ring is 1. The third-order valence-electron chi connectivity index (χ3n) is 3.25. The number of nitrogens with two attached hydrogens (primary N) is 1. The van der Waals surface area contributed by atoms with E-state index < -0.39 is 0 Å². The predicted octanol–water partition coefficient (Wildman–Crippen LogP) is 3.72. The summed E-state index contributed by atoms with van der Waals surface area (Å²) in [7, 11) is 0. The molecule has 3 nitrogen and oxygen atoms in total. The van der Waals surface area contributed by atoms with Crippen molar-refractivity contribution in [3.63, 3.8) is 0 Å². The maximum Gasteiger partial charge on any atom is 0.254 e. The Hall–Kier alpha value is -2.00. The third-order valence-corrected chi connectivity index (χ3v) is 3.50. The van der Waals surface area contributed by atoms with Crippen molar-refractivity contribution in [2.24, 2.45) is 0 Å². The molecule has 2 aromatic carbocycles. The van der Waals surface area contributed by atoms with Crippen molar-refractivity contribution in [3.8, 4) is 0 Å². The molecule has 0 aromatic heterocycles. The maximum absolute atomic E-state index is 12.3. The second-order valence-corrected chi connectivity index (χ2v) is 5.22. The molecule has 1 unspecified atom stereocenters. The van der Waals surface area contributed by atoms with Gasteiger partial charge in [-0.05, 0) is 43.2 Å². The minimum Gasteiger partial charge on any atom is -0.398 e. The van der Waals surface area contributed by atoms with Crippen LogP contribution in [0.5, 0.6) is 0 Å². The predicted molar refractivity (Wildman–Crippen MR) is 82.9 cm³/mol. The molecule has 0 aliphatic carbocycles. The van der Waals surface area contributed by atoms with Gasteiger partial charge in [0.25, 0.3) is 5.91 Å². The zero-order chi connectivity index (χ0) is 14.7. The highest BCUT2D eigenvalue weighted by atomic mass is 35.5. The number of amides is 1. The largest absolute Gasteiger partial charge is 0.398 e. The molecule has 20 heavy (non-hydrogen) atoms. The van der Waals surface area contributed by atoms with Crippen molar-refractivity contribution in [1.29, 1.82) is 0 Å². The summed E-state index contributed by atoms with van der Waals surface area (Å²) in [6, 6.07) is 12.7. The van der Waals surface area contributed by atoms with Gasteiger partial charge in [-0.2, -0.15) is 0 Å². The summed E-state index contributed by atoms with van der Waals surface area (Å²) < 4.78 is 0. The van der Waals surface area contributed by atoms with Gasteiger partial charge in [0, 0.05) is 10.7 Å².